The number of hydrogen-bond acceptors (Lipinski definition) is 4. The third-order valence-electron chi connectivity index (χ3n) is 5.41. The molecule has 0 saturated heterocycles. The van der Waals surface area contributed by atoms with Gasteiger partial charge in [0.1, 0.15) is 16.8 Å². The summed E-state index contributed by atoms with van der Waals surface area (Å²) in [6.45, 7) is 2.73. The maximum Gasteiger partial charge on any atom is 0.278 e. The SMILES string of the molecule is Cc1nc2cccc3n(CCCCN4C(=O)c5ccccc5C4=O)c(=O)c1n23. The molecule has 0 unspecified atom stereocenters. The van der Waals surface area contributed by atoms with Crippen molar-refractivity contribution in [3.05, 3.63) is 69.6 Å². The lowest BCUT2D eigenvalue weighted by molar-refractivity contribution is 0.0651. The molecule has 0 atom stereocenters. The number of nitrogens with zero attached hydrogens (tertiary/aromatic N) is 4. The zero-order valence-electron chi connectivity index (χ0n) is 15.4. The van der Waals surface area contributed by atoms with E-state index in [0.717, 1.165) is 17.0 Å². The number of unbranched alkanes of at least 4 members (excludes halogenated alkanes) is 1. The molecule has 7 nitrogen and oxygen atoms in total. The van der Waals surface area contributed by atoms with Gasteiger partial charge in [0.25, 0.3) is 17.4 Å². The summed E-state index contributed by atoms with van der Waals surface area (Å²) in [4.78, 5) is 43.4. The number of amides is 2. The molecule has 7 heteroatoms. The van der Waals surface area contributed by atoms with Crippen LogP contribution >= 0.6 is 0 Å². The minimum atomic E-state index is -0.236. The van der Waals surface area contributed by atoms with E-state index in [1.165, 1.54) is 4.90 Å². The van der Waals surface area contributed by atoms with Crippen LogP contribution in [0.15, 0.2) is 47.3 Å². The molecule has 0 bridgehead atoms. The monoisotopic (exact) mass is 374 g/mol. The summed E-state index contributed by atoms with van der Waals surface area (Å²) in [5.41, 5.74) is 3.82. The van der Waals surface area contributed by atoms with Crippen LogP contribution in [0.3, 0.4) is 0 Å². The standard InChI is InChI=1S/C21H18N4O3/c1-13-18-21(28)23(17-10-6-9-16(22-13)25(17)18)11-4-5-12-24-19(26)14-7-2-3-8-15(14)20(24)27/h2-3,6-10H,4-5,11-12H2,1H3. The van der Waals surface area contributed by atoms with Crippen molar-refractivity contribution in [2.45, 2.75) is 26.3 Å². The van der Waals surface area contributed by atoms with Gasteiger partial charge in [0, 0.05) is 13.1 Å². The van der Waals surface area contributed by atoms with Crippen LogP contribution in [-0.4, -0.2) is 37.2 Å². The van der Waals surface area contributed by atoms with Crippen molar-refractivity contribution in [2.24, 2.45) is 0 Å². The maximum absolute atomic E-state index is 12.8. The van der Waals surface area contributed by atoms with Gasteiger partial charge in [-0.25, -0.2) is 4.98 Å². The summed E-state index contributed by atoms with van der Waals surface area (Å²) >= 11 is 0. The molecule has 0 saturated carbocycles. The van der Waals surface area contributed by atoms with E-state index in [4.69, 9.17) is 0 Å². The Morgan fingerprint density at radius 1 is 0.857 bits per heavy atom. The molecule has 1 aliphatic heterocycles. The highest BCUT2D eigenvalue weighted by atomic mass is 16.2. The molecule has 0 aliphatic carbocycles. The first-order valence-electron chi connectivity index (χ1n) is 9.33. The van der Waals surface area contributed by atoms with Crippen LogP contribution < -0.4 is 5.56 Å². The van der Waals surface area contributed by atoms with Crippen LogP contribution in [0.25, 0.3) is 16.8 Å². The number of benzene rings is 1. The van der Waals surface area contributed by atoms with Crippen molar-refractivity contribution in [3.8, 4) is 0 Å². The summed E-state index contributed by atoms with van der Waals surface area (Å²) in [5.74, 6) is -0.472. The zero-order chi connectivity index (χ0) is 19.4. The minimum absolute atomic E-state index is 0.0491. The highest BCUT2D eigenvalue weighted by Gasteiger charge is 2.34. The lowest BCUT2D eigenvalue weighted by Crippen LogP contribution is -2.31. The number of imide groups is 1. The molecule has 140 valence electrons. The molecule has 0 radical (unpaired) electrons. The number of fused-ring (bicyclic) bond motifs is 1. The van der Waals surface area contributed by atoms with Crippen molar-refractivity contribution in [3.63, 3.8) is 0 Å². The summed E-state index contributed by atoms with van der Waals surface area (Å²) < 4.78 is 3.64. The second kappa shape index (κ2) is 6.02. The molecule has 2 amide bonds. The number of rotatable bonds is 5. The Morgan fingerprint density at radius 3 is 2.25 bits per heavy atom. The van der Waals surface area contributed by atoms with Crippen LogP contribution in [-0.2, 0) is 6.54 Å². The zero-order valence-corrected chi connectivity index (χ0v) is 15.4. The molecule has 0 spiro atoms. The van der Waals surface area contributed by atoms with Crippen LogP contribution in [0.1, 0.15) is 39.3 Å². The number of aryl methyl sites for hydroxylation is 2. The lowest BCUT2D eigenvalue weighted by atomic mass is 10.1. The van der Waals surface area contributed by atoms with Gasteiger partial charge >= 0.3 is 0 Å². The molecule has 5 rings (SSSR count). The number of hydrogen-bond donors (Lipinski definition) is 0. The van der Waals surface area contributed by atoms with Crippen molar-refractivity contribution < 1.29 is 9.59 Å². The predicted molar refractivity (Wildman–Crippen MR) is 104 cm³/mol. The maximum atomic E-state index is 12.8. The summed E-state index contributed by atoms with van der Waals surface area (Å²) in [7, 11) is 0. The largest absolute Gasteiger partial charge is 0.292 e. The van der Waals surface area contributed by atoms with E-state index in [0.29, 0.717) is 42.6 Å². The smallest absolute Gasteiger partial charge is 0.278 e. The Bertz CT molecular complexity index is 1270. The Balaban J connectivity index is 1.32. The number of carbonyl (C=O) groups is 2. The minimum Gasteiger partial charge on any atom is -0.292 e. The Hall–Kier alpha value is -3.48. The first-order chi connectivity index (χ1) is 13.6. The number of carbonyl (C=O) groups excluding carboxylic acids is 2. The molecule has 0 N–H and O–H groups in total. The van der Waals surface area contributed by atoms with Gasteiger partial charge in [0.15, 0.2) is 0 Å². The Kier molecular flexibility index (Phi) is 3.58. The van der Waals surface area contributed by atoms with Crippen LogP contribution in [0.5, 0.6) is 0 Å². The Morgan fingerprint density at radius 2 is 1.54 bits per heavy atom. The molecule has 4 heterocycles. The summed E-state index contributed by atoms with van der Waals surface area (Å²) in [5, 5.41) is 0. The van der Waals surface area contributed by atoms with Gasteiger partial charge in [-0.05, 0) is 44.0 Å². The molecule has 1 aliphatic rings. The van der Waals surface area contributed by atoms with Gasteiger partial charge in [-0.1, -0.05) is 18.2 Å². The third-order valence-corrected chi connectivity index (χ3v) is 5.41. The van der Waals surface area contributed by atoms with E-state index in [1.54, 1.807) is 28.8 Å². The van der Waals surface area contributed by atoms with Crippen LogP contribution in [0.2, 0.25) is 0 Å². The first kappa shape index (κ1) is 16.7. The van der Waals surface area contributed by atoms with Crippen molar-refractivity contribution >= 4 is 28.6 Å². The molecular weight excluding hydrogens is 356 g/mol. The van der Waals surface area contributed by atoms with Gasteiger partial charge in [0.05, 0.1) is 16.8 Å². The predicted octanol–water partition coefficient (Wildman–Crippen LogP) is 2.47. The lowest BCUT2D eigenvalue weighted by Gasteiger charge is -2.13. The van der Waals surface area contributed by atoms with E-state index >= 15 is 0 Å². The normalized spacial score (nSPS) is 14.0. The summed E-state index contributed by atoms with van der Waals surface area (Å²) in [6.07, 6.45) is 1.32. The third kappa shape index (κ3) is 2.22. The van der Waals surface area contributed by atoms with E-state index in [9.17, 15) is 14.4 Å². The Labute approximate surface area is 160 Å². The topological polar surface area (TPSA) is 76.7 Å². The van der Waals surface area contributed by atoms with Crippen molar-refractivity contribution in [1.29, 1.82) is 0 Å². The fourth-order valence-corrected chi connectivity index (χ4v) is 4.08. The van der Waals surface area contributed by atoms with Gasteiger partial charge in [-0.2, -0.15) is 0 Å². The second-order valence-corrected chi connectivity index (χ2v) is 7.09. The number of imidazole rings is 2. The van der Waals surface area contributed by atoms with E-state index in [1.807, 2.05) is 29.5 Å². The molecule has 0 fully saturated rings. The molecular formula is C21H18N4O3. The first-order valence-corrected chi connectivity index (χ1v) is 9.33. The highest BCUT2D eigenvalue weighted by Crippen LogP contribution is 2.23. The second-order valence-electron chi connectivity index (χ2n) is 7.09. The molecule has 3 aromatic heterocycles. The fraction of sp³-hybridized carbons (Fsp3) is 0.238. The van der Waals surface area contributed by atoms with E-state index in [2.05, 4.69) is 4.98 Å². The quantitative estimate of drug-likeness (QED) is 0.397. The van der Waals surface area contributed by atoms with Gasteiger partial charge in [0.2, 0.25) is 0 Å². The number of aromatic nitrogens is 3. The van der Waals surface area contributed by atoms with Crippen LogP contribution in [0, 0.1) is 6.92 Å². The fourth-order valence-electron chi connectivity index (χ4n) is 4.08. The van der Waals surface area contributed by atoms with Gasteiger partial charge in [-0.15, -0.1) is 0 Å². The van der Waals surface area contributed by atoms with E-state index in [-0.39, 0.29) is 17.4 Å². The molecule has 1 aromatic carbocycles. The van der Waals surface area contributed by atoms with Crippen molar-refractivity contribution in [2.75, 3.05) is 6.54 Å². The van der Waals surface area contributed by atoms with Crippen molar-refractivity contribution in [1.82, 2.24) is 18.9 Å². The van der Waals surface area contributed by atoms with Gasteiger partial charge in [-0.3, -0.25) is 28.3 Å². The number of pyridine rings is 1. The van der Waals surface area contributed by atoms with Gasteiger partial charge < -0.3 is 0 Å². The van der Waals surface area contributed by atoms with Crippen LogP contribution in [0.4, 0.5) is 0 Å². The average molecular weight is 374 g/mol. The highest BCUT2D eigenvalue weighted by molar-refractivity contribution is 6.21. The molecule has 28 heavy (non-hydrogen) atoms. The molecule has 4 aromatic rings. The van der Waals surface area contributed by atoms with E-state index < -0.39 is 0 Å². The summed E-state index contributed by atoms with van der Waals surface area (Å²) in [6, 6.07) is 12.6. The average Bonchev–Trinajstić information content (AvgIpc) is 3.27.